The summed E-state index contributed by atoms with van der Waals surface area (Å²) < 4.78 is 5.20. The Labute approximate surface area is 119 Å². The lowest BCUT2D eigenvalue weighted by Gasteiger charge is -2.17. The van der Waals surface area contributed by atoms with Crippen molar-refractivity contribution in [2.24, 2.45) is 0 Å². The van der Waals surface area contributed by atoms with Crippen LogP contribution in [0, 0.1) is 0 Å². The molecule has 0 bridgehead atoms. The SMILES string of the molecule is CCCNC(Cc1ccc(OC)cc1)c1cccs1. The van der Waals surface area contributed by atoms with Crippen LogP contribution in [0.1, 0.15) is 29.8 Å². The zero-order valence-electron chi connectivity index (χ0n) is 11.6. The lowest BCUT2D eigenvalue weighted by Crippen LogP contribution is -2.23. The molecule has 1 aromatic carbocycles. The van der Waals surface area contributed by atoms with Crippen molar-refractivity contribution in [2.45, 2.75) is 25.8 Å². The summed E-state index contributed by atoms with van der Waals surface area (Å²) in [5, 5.41) is 5.77. The van der Waals surface area contributed by atoms with Gasteiger partial charge in [-0.15, -0.1) is 11.3 Å². The van der Waals surface area contributed by atoms with Crippen molar-refractivity contribution < 1.29 is 4.74 Å². The second-order valence-corrected chi connectivity index (χ2v) is 5.55. The van der Waals surface area contributed by atoms with Crippen molar-refractivity contribution in [1.29, 1.82) is 0 Å². The van der Waals surface area contributed by atoms with Crippen LogP contribution in [0.15, 0.2) is 41.8 Å². The third kappa shape index (κ3) is 4.08. The summed E-state index contributed by atoms with van der Waals surface area (Å²) in [6.45, 7) is 3.25. The van der Waals surface area contributed by atoms with E-state index < -0.39 is 0 Å². The predicted octanol–water partition coefficient (Wildman–Crippen LogP) is 4.04. The van der Waals surface area contributed by atoms with Gasteiger partial charge in [0.1, 0.15) is 5.75 Å². The molecule has 0 saturated heterocycles. The molecule has 0 spiro atoms. The molecule has 1 heterocycles. The van der Waals surface area contributed by atoms with Gasteiger partial charge in [-0.1, -0.05) is 25.1 Å². The van der Waals surface area contributed by atoms with E-state index in [0.29, 0.717) is 6.04 Å². The van der Waals surface area contributed by atoms with E-state index in [4.69, 9.17) is 4.74 Å². The van der Waals surface area contributed by atoms with E-state index in [1.165, 1.54) is 10.4 Å². The summed E-state index contributed by atoms with van der Waals surface area (Å²) in [5.41, 5.74) is 1.34. The van der Waals surface area contributed by atoms with E-state index in [-0.39, 0.29) is 0 Å². The Morgan fingerprint density at radius 1 is 1.21 bits per heavy atom. The molecule has 1 N–H and O–H groups in total. The maximum absolute atomic E-state index is 5.20. The standard InChI is InChI=1S/C16H21NOS/c1-3-10-17-15(16-5-4-11-19-16)12-13-6-8-14(18-2)9-7-13/h4-9,11,15,17H,3,10,12H2,1-2H3. The maximum Gasteiger partial charge on any atom is 0.118 e. The third-order valence-corrected chi connectivity index (χ3v) is 4.11. The van der Waals surface area contributed by atoms with E-state index in [0.717, 1.165) is 25.1 Å². The van der Waals surface area contributed by atoms with Crippen molar-refractivity contribution in [1.82, 2.24) is 5.32 Å². The normalized spacial score (nSPS) is 12.3. The molecular formula is C16H21NOS. The van der Waals surface area contributed by atoms with E-state index in [9.17, 15) is 0 Å². The lowest BCUT2D eigenvalue weighted by atomic mass is 10.0. The highest BCUT2D eigenvalue weighted by atomic mass is 32.1. The van der Waals surface area contributed by atoms with Gasteiger partial charge in [0.15, 0.2) is 0 Å². The summed E-state index contributed by atoms with van der Waals surface area (Å²) in [4.78, 5) is 1.41. The number of benzene rings is 1. The Morgan fingerprint density at radius 2 is 2.00 bits per heavy atom. The molecule has 1 aromatic heterocycles. The zero-order valence-corrected chi connectivity index (χ0v) is 12.4. The number of nitrogens with one attached hydrogen (secondary N) is 1. The van der Waals surface area contributed by atoms with Crippen LogP contribution in [-0.2, 0) is 6.42 Å². The largest absolute Gasteiger partial charge is 0.497 e. The second kappa shape index (κ2) is 7.31. The van der Waals surface area contributed by atoms with Crippen LogP contribution < -0.4 is 10.1 Å². The third-order valence-electron chi connectivity index (χ3n) is 3.13. The van der Waals surface area contributed by atoms with Crippen molar-refractivity contribution in [2.75, 3.05) is 13.7 Å². The molecule has 0 saturated carbocycles. The molecule has 1 unspecified atom stereocenters. The molecule has 2 nitrogen and oxygen atoms in total. The van der Waals surface area contributed by atoms with Crippen molar-refractivity contribution >= 4 is 11.3 Å². The summed E-state index contributed by atoms with van der Waals surface area (Å²) in [6, 6.07) is 13.1. The quantitative estimate of drug-likeness (QED) is 0.823. The summed E-state index contributed by atoms with van der Waals surface area (Å²) >= 11 is 1.82. The maximum atomic E-state index is 5.20. The highest BCUT2D eigenvalue weighted by molar-refractivity contribution is 7.10. The van der Waals surface area contributed by atoms with Gasteiger partial charge in [0.05, 0.1) is 7.11 Å². The van der Waals surface area contributed by atoms with Crippen molar-refractivity contribution in [3.63, 3.8) is 0 Å². The Kier molecular flexibility index (Phi) is 5.43. The smallest absolute Gasteiger partial charge is 0.118 e. The minimum atomic E-state index is 0.411. The number of rotatable bonds is 7. The minimum Gasteiger partial charge on any atom is -0.497 e. The number of hydrogen-bond acceptors (Lipinski definition) is 3. The molecule has 0 radical (unpaired) electrons. The van der Waals surface area contributed by atoms with Gasteiger partial charge in [0.25, 0.3) is 0 Å². The van der Waals surface area contributed by atoms with Crippen molar-refractivity contribution in [3.05, 3.63) is 52.2 Å². The zero-order chi connectivity index (χ0) is 13.5. The van der Waals surface area contributed by atoms with Gasteiger partial charge in [-0.2, -0.15) is 0 Å². The number of ether oxygens (including phenoxy) is 1. The van der Waals surface area contributed by atoms with Gasteiger partial charge in [-0.25, -0.2) is 0 Å². The Balaban J connectivity index is 2.06. The molecule has 1 atom stereocenters. The molecule has 0 aliphatic rings. The van der Waals surface area contributed by atoms with Crippen LogP contribution in [-0.4, -0.2) is 13.7 Å². The van der Waals surface area contributed by atoms with E-state index in [1.54, 1.807) is 7.11 Å². The predicted molar refractivity (Wildman–Crippen MR) is 82.1 cm³/mol. The highest BCUT2D eigenvalue weighted by Crippen LogP contribution is 2.24. The number of hydrogen-bond donors (Lipinski definition) is 1. The molecule has 3 heteroatoms. The van der Waals surface area contributed by atoms with Crippen LogP contribution >= 0.6 is 11.3 Å². The Morgan fingerprint density at radius 3 is 2.58 bits per heavy atom. The summed E-state index contributed by atoms with van der Waals surface area (Å²) in [6.07, 6.45) is 2.18. The molecule has 0 fully saturated rings. The first-order valence-corrected chi connectivity index (χ1v) is 7.61. The van der Waals surface area contributed by atoms with Gasteiger partial charge < -0.3 is 10.1 Å². The minimum absolute atomic E-state index is 0.411. The van der Waals surface area contributed by atoms with E-state index in [1.807, 2.05) is 23.5 Å². The molecule has 2 aromatic rings. The monoisotopic (exact) mass is 275 g/mol. The topological polar surface area (TPSA) is 21.3 Å². The Hall–Kier alpha value is -1.32. The second-order valence-electron chi connectivity index (χ2n) is 4.57. The van der Waals surface area contributed by atoms with Gasteiger partial charge in [0, 0.05) is 10.9 Å². The molecule has 0 aliphatic carbocycles. The first-order valence-electron chi connectivity index (χ1n) is 6.73. The molecule has 2 rings (SSSR count). The molecule has 19 heavy (non-hydrogen) atoms. The summed E-state index contributed by atoms with van der Waals surface area (Å²) in [5.74, 6) is 0.915. The van der Waals surface area contributed by atoms with Crippen molar-refractivity contribution in [3.8, 4) is 5.75 Å². The molecule has 0 aliphatic heterocycles. The fourth-order valence-electron chi connectivity index (χ4n) is 2.08. The molecular weight excluding hydrogens is 254 g/mol. The van der Waals surface area contributed by atoms with Crippen LogP contribution in [0.4, 0.5) is 0 Å². The average molecular weight is 275 g/mol. The van der Waals surface area contributed by atoms with Gasteiger partial charge in [-0.3, -0.25) is 0 Å². The van der Waals surface area contributed by atoms with Crippen LogP contribution in [0.2, 0.25) is 0 Å². The van der Waals surface area contributed by atoms with Crippen LogP contribution in [0.5, 0.6) is 5.75 Å². The number of methoxy groups -OCH3 is 1. The highest BCUT2D eigenvalue weighted by Gasteiger charge is 2.12. The molecule has 0 amide bonds. The fourth-order valence-corrected chi connectivity index (χ4v) is 2.88. The Bertz CT molecular complexity index is 464. The lowest BCUT2D eigenvalue weighted by molar-refractivity contribution is 0.414. The van der Waals surface area contributed by atoms with Gasteiger partial charge in [0.2, 0.25) is 0 Å². The van der Waals surface area contributed by atoms with E-state index in [2.05, 4.69) is 41.9 Å². The summed E-state index contributed by atoms with van der Waals surface area (Å²) in [7, 11) is 1.70. The van der Waals surface area contributed by atoms with Gasteiger partial charge in [-0.05, 0) is 48.5 Å². The first kappa shape index (κ1) is 14.1. The molecule has 102 valence electrons. The van der Waals surface area contributed by atoms with Crippen LogP contribution in [0.3, 0.4) is 0 Å². The fraction of sp³-hybridized carbons (Fsp3) is 0.375. The van der Waals surface area contributed by atoms with E-state index >= 15 is 0 Å². The number of thiophene rings is 1. The van der Waals surface area contributed by atoms with Crippen LogP contribution in [0.25, 0.3) is 0 Å². The van der Waals surface area contributed by atoms with Gasteiger partial charge >= 0.3 is 0 Å². The average Bonchev–Trinajstić information content (AvgIpc) is 2.98. The first-order chi connectivity index (χ1) is 9.33.